The van der Waals surface area contributed by atoms with Gasteiger partial charge in [0.2, 0.25) is 11.0 Å². The number of thioether (sulfide) groups is 1. The molecule has 0 spiro atoms. The van der Waals surface area contributed by atoms with Gasteiger partial charge in [-0.1, -0.05) is 53.4 Å². The first kappa shape index (κ1) is 19.2. The van der Waals surface area contributed by atoms with Crippen LogP contribution in [0.1, 0.15) is 5.56 Å². The zero-order chi connectivity index (χ0) is 18.9. The fourth-order valence-corrected chi connectivity index (χ4v) is 3.81. The highest BCUT2D eigenvalue weighted by atomic mass is 32.2. The molecular weight excluding hydrogens is 380 g/mol. The Labute approximate surface area is 166 Å². The SMILES string of the molecule is Cc1cccc(OCCNC(=O)CSc2nnc(Nc3ccccc3)s2)c1. The van der Waals surface area contributed by atoms with Gasteiger partial charge < -0.3 is 15.4 Å². The van der Waals surface area contributed by atoms with E-state index in [2.05, 4.69) is 20.8 Å². The summed E-state index contributed by atoms with van der Waals surface area (Å²) in [4.78, 5) is 11.9. The van der Waals surface area contributed by atoms with Crippen molar-refractivity contribution in [1.82, 2.24) is 15.5 Å². The summed E-state index contributed by atoms with van der Waals surface area (Å²) in [5.41, 5.74) is 2.10. The van der Waals surface area contributed by atoms with Crippen molar-refractivity contribution in [2.75, 3.05) is 24.2 Å². The number of amides is 1. The third-order valence-electron chi connectivity index (χ3n) is 3.44. The van der Waals surface area contributed by atoms with Crippen LogP contribution < -0.4 is 15.4 Å². The number of benzene rings is 2. The van der Waals surface area contributed by atoms with Crippen LogP contribution in [0, 0.1) is 6.92 Å². The number of nitrogens with one attached hydrogen (secondary N) is 2. The summed E-state index contributed by atoms with van der Waals surface area (Å²) in [6.07, 6.45) is 0. The molecule has 0 bridgehead atoms. The molecule has 0 unspecified atom stereocenters. The molecule has 0 aliphatic heterocycles. The molecular formula is C19H20N4O2S2. The van der Waals surface area contributed by atoms with Crippen LogP contribution in [0.2, 0.25) is 0 Å². The Bertz CT molecular complexity index is 871. The molecule has 0 radical (unpaired) electrons. The van der Waals surface area contributed by atoms with Gasteiger partial charge in [0.1, 0.15) is 12.4 Å². The summed E-state index contributed by atoms with van der Waals surface area (Å²) >= 11 is 2.79. The van der Waals surface area contributed by atoms with E-state index in [-0.39, 0.29) is 5.91 Å². The Hall–Kier alpha value is -2.58. The van der Waals surface area contributed by atoms with Crippen LogP contribution >= 0.6 is 23.1 Å². The zero-order valence-corrected chi connectivity index (χ0v) is 16.5. The van der Waals surface area contributed by atoms with Crippen LogP contribution in [0.15, 0.2) is 58.9 Å². The zero-order valence-electron chi connectivity index (χ0n) is 14.8. The number of para-hydroxylation sites is 1. The van der Waals surface area contributed by atoms with Gasteiger partial charge in [-0.25, -0.2) is 0 Å². The average molecular weight is 401 g/mol. The lowest BCUT2D eigenvalue weighted by Gasteiger charge is -2.07. The number of rotatable bonds is 9. The second-order valence-electron chi connectivity index (χ2n) is 5.67. The number of carbonyl (C=O) groups excluding carboxylic acids is 1. The second kappa shape index (κ2) is 9.94. The quantitative estimate of drug-likeness (QED) is 0.419. The first-order valence-electron chi connectivity index (χ1n) is 8.43. The predicted molar refractivity (Wildman–Crippen MR) is 110 cm³/mol. The number of anilines is 2. The molecule has 8 heteroatoms. The molecule has 0 aliphatic rings. The fourth-order valence-electron chi connectivity index (χ4n) is 2.21. The highest BCUT2D eigenvalue weighted by molar-refractivity contribution is 8.01. The molecule has 140 valence electrons. The van der Waals surface area contributed by atoms with Crippen molar-refractivity contribution in [2.45, 2.75) is 11.3 Å². The largest absolute Gasteiger partial charge is 0.492 e. The van der Waals surface area contributed by atoms with Gasteiger partial charge >= 0.3 is 0 Å². The smallest absolute Gasteiger partial charge is 0.230 e. The van der Waals surface area contributed by atoms with Crippen molar-refractivity contribution >= 4 is 39.8 Å². The number of hydrogen-bond donors (Lipinski definition) is 2. The summed E-state index contributed by atoms with van der Waals surface area (Å²) < 4.78 is 6.36. The normalized spacial score (nSPS) is 10.4. The molecule has 2 N–H and O–H groups in total. The van der Waals surface area contributed by atoms with E-state index in [1.165, 1.54) is 23.1 Å². The molecule has 27 heavy (non-hydrogen) atoms. The van der Waals surface area contributed by atoms with Crippen molar-refractivity contribution in [3.05, 3.63) is 60.2 Å². The molecule has 1 aromatic heterocycles. The third kappa shape index (κ3) is 6.58. The van der Waals surface area contributed by atoms with Gasteiger partial charge in [-0.05, 0) is 36.8 Å². The van der Waals surface area contributed by atoms with Gasteiger partial charge in [0.25, 0.3) is 0 Å². The number of carbonyl (C=O) groups is 1. The lowest BCUT2D eigenvalue weighted by atomic mass is 10.2. The number of ether oxygens (including phenoxy) is 1. The lowest BCUT2D eigenvalue weighted by molar-refractivity contribution is -0.118. The first-order chi connectivity index (χ1) is 13.2. The Morgan fingerprint density at radius 1 is 1.15 bits per heavy atom. The first-order valence-corrected chi connectivity index (χ1v) is 10.2. The van der Waals surface area contributed by atoms with E-state index in [1.54, 1.807) is 0 Å². The molecule has 3 aromatic rings. The van der Waals surface area contributed by atoms with Gasteiger partial charge in [0.15, 0.2) is 4.34 Å². The molecule has 1 heterocycles. The average Bonchev–Trinajstić information content (AvgIpc) is 3.12. The van der Waals surface area contributed by atoms with Crippen LogP contribution in [0.25, 0.3) is 0 Å². The van der Waals surface area contributed by atoms with Gasteiger partial charge in [0, 0.05) is 5.69 Å². The van der Waals surface area contributed by atoms with Crippen molar-refractivity contribution in [1.29, 1.82) is 0 Å². The highest BCUT2D eigenvalue weighted by Gasteiger charge is 2.08. The molecule has 0 saturated heterocycles. The minimum absolute atomic E-state index is 0.0550. The maximum absolute atomic E-state index is 11.9. The summed E-state index contributed by atoms with van der Waals surface area (Å²) in [5, 5.41) is 14.9. The van der Waals surface area contributed by atoms with Gasteiger partial charge in [-0.2, -0.15) is 0 Å². The van der Waals surface area contributed by atoms with E-state index in [4.69, 9.17) is 4.74 Å². The Kier molecular flexibility index (Phi) is 7.06. The lowest BCUT2D eigenvalue weighted by Crippen LogP contribution is -2.29. The third-order valence-corrected chi connectivity index (χ3v) is 5.41. The summed E-state index contributed by atoms with van der Waals surface area (Å²) in [5.74, 6) is 1.05. The Morgan fingerprint density at radius 2 is 2.00 bits per heavy atom. The molecule has 0 saturated carbocycles. The molecule has 0 atom stereocenters. The number of nitrogens with zero attached hydrogens (tertiary/aromatic N) is 2. The number of hydrogen-bond acceptors (Lipinski definition) is 7. The summed E-state index contributed by atoms with van der Waals surface area (Å²) in [7, 11) is 0. The molecule has 0 fully saturated rings. The van der Waals surface area contributed by atoms with Crippen LogP contribution in [-0.4, -0.2) is 35.0 Å². The molecule has 2 aromatic carbocycles. The van der Waals surface area contributed by atoms with E-state index in [0.29, 0.717) is 24.0 Å². The predicted octanol–water partition coefficient (Wildman–Crippen LogP) is 3.88. The number of aromatic nitrogens is 2. The molecule has 0 aliphatic carbocycles. The van der Waals surface area contributed by atoms with E-state index in [9.17, 15) is 4.79 Å². The molecule has 3 rings (SSSR count). The van der Waals surface area contributed by atoms with E-state index in [1.807, 2.05) is 61.5 Å². The van der Waals surface area contributed by atoms with Crippen molar-refractivity contribution in [2.24, 2.45) is 0 Å². The minimum Gasteiger partial charge on any atom is -0.492 e. The van der Waals surface area contributed by atoms with Gasteiger partial charge in [-0.15, -0.1) is 10.2 Å². The van der Waals surface area contributed by atoms with Gasteiger partial charge in [0.05, 0.1) is 12.3 Å². The summed E-state index contributed by atoms with van der Waals surface area (Å²) in [6, 6.07) is 17.6. The monoisotopic (exact) mass is 400 g/mol. The molecule has 6 nitrogen and oxygen atoms in total. The van der Waals surface area contributed by atoms with Crippen molar-refractivity contribution in [3.8, 4) is 5.75 Å². The van der Waals surface area contributed by atoms with Gasteiger partial charge in [-0.3, -0.25) is 4.79 Å². The van der Waals surface area contributed by atoms with Crippen LogP contribution in [0.4, 0.5) is 10.8 Å². The maximum Gasteiger partial charge on any atom is 0.230 e. The minimum atomic E-state index is -0.0550. The standard InChI is InChI=1S/C19H20N4O2S2/c1-14-6-5-9-16(12-14)25-11-10-20-17(24)13-26-19-23-22-18(27-19)21-15-7-3-2-4-8-15/h2-9,12H,10-11,13H2,1H3,(H,20,24)(H,21,22). The van der Waals surface area contributed by atoms with Crippen LogP contribution in [-0.2, 0) is 4.79 Å². The summed E-state index contributed by atoms with van der Waals surface area (Å²) in [6.45, 7) is 2.91. The highest BCUT2D eigenvalue weighted by Crippen LogP contribution is 2.27. The topological polar surface area (TPSA) is 76.1 Å². The van der Waals surface area contributed by atoms with Crippen LogP contribution in [0.3, 0.4) is 0 Å². The molecule has 1 amide bonds. The Morgan fingerprint density at radius 3 is 2.81 bits per heavy atom. The maximum atomic E-state index is 11.9. The van der Waals surface area contributed by atoms with Crippen LogP contribution in [0.5, 0.6) is 5.75 Å². The van der Waals surface area contributed by atoms with Crippen molar-refractivity contribution < 1.29 is 9.53 Å². The second-order valence-corrected chi connectivity index (χ2v) is 7.87. The van der Waals surface area contributed by atoms with E-state index >= 15 is 0 Å². The van der Waals surface area contributed by atoms with Crippen molar-refractivity contribution in [3.63, 3.8) is 0 Å². The number of aryl methyl sites for hydroxylation is 1. The van der Waals surface area contributed by atoms with E-state index < -0.39 is 0 Å². The fraction of sp³-hybridized carbons (Fsp3) is 0.211. The Balaban J connectivity index is 1.34. The van der Waals surface area contributed by atoms with E-state index in [0.717, 1.165) is 21.3 Å².